The lowest BCUT2D eigenvalue weighted by molar-refractivity contribution is 0.619. The maximum atomic E-state index is 13.3. The average molecular weight is 200 g/mol. The fourth-order valence-corrected chi connectivity index (χ4v) is 1.55. The molecule has 1 aromatic carbocycles. The number of benzene rings is 1. The Kier molecular flexibility index (Phi) is 2.94. The summed E-state index contributed by atoms with van der Waals surface area (Å²) < 4.78 is 13.3. The molecular formula is C10H11ClFN. The molecule has 0 atom stereocenters. The van der Waals surface area contributed by atoms with Crippen molar-refractivity contribution in [1.29, 1.82) is 0 Å². The van der Waals surface area contributed by atoms with Gasteiger partial charge in [-0.2, -0.15) is 0 Å². The Balaban J connectivity index is 3.47. The first kappa shape index (κ1) is 10.1. The van der Waals surface area contributed by atoms with Crippen molar-refractivity contribution in [2.45, 2.75) is 6.92 Å². The van der Waals surface area contributed by atoms with Crippen LogP contribution in [0.1, 0.15) is 11.1 Å². The minimum atomic E-state index is -0.378. The predicted octanol–water partition coefficient (Wildman–Crippen LogP) is 3.47. The zero-order valence-electron chi connectivity index (χ0n) is 7.62. The van der Waals surface area contributed by atoms with Crippen LogP contribution in [0.15, 0.2) is 12.6 Å². The molecule has 0 bridgehead atoms. The normalized spacial score (nSPS) is 9.85. The lowest BCUT2D eigenvalue weighted by Gasteiger charge is -2.10. The molecule has 1 nitrogen and oxygen atoms in total. The summed E-state index contributed by atoms with van der Waals surface area (Å²) in [6.07, 6.45) is 1.64. The van der Waals surface area contributed by atoms with Crippen LogP contribution in [0.3, 0.4) is 0 Å². The van der Waals surface area contributed by atoms with Crippen LogP contribution in [0, 0.1) is 12.7 Å². The summed E-state index contributed by atoms with van der Waals surface area (Å²) in [6.45, 7) is 5.30. The van der Waals surface area contributed by atoms with Crippen LogP contribution in [-0.2, 0) is 0 Å². The van der Waals surface area contributed by atoms with E-state index in [4.69, 9.17) is 11.6 Å². The van der Waals surface area contributed by atoms with Gasteiger partial charge in [0.1, 0.15) is 10.8 Å². The van der Waals surface area contributed by atoms with Crippen LogP contribution in [0.4, 0.5) is 10.1 Å². The number of halogens is 2. The summed E-state index contributed by atoms with van der Waals surface area (Å²) in [5.41, 5.74) is 1.92. The minimum absolute atomic E-state index is 0.123. The van der Waals surface area contributed by atoms with Gasteiger partial charge in [0.25, 0.3) is 0 Å². The van der Waals surface area contributed by atoms with Crippen molar-refractivity contribution in [3.8, 4) is 0 Å². The highest BCUT2D eigenvalue weighted by atomic mass is 35.5. The lowest BCUT2D eigenvalue weighted by atomic mass is 10.1. The minimum Gasteiger partial charge on any atom is -0.386 e. The van der Waals surface area contributed by atoms with Gasteiger partial charge in [0.15, 0.2) is 0 Å². The Hall–Kier alpha value is -1.02. The molecule has 0 amide bonds. The number of anilines is 1. The Morgan fingerprint density at radius 3 is 2.69 bits per heavy atom. The summed E-state index contributed by atoms with van der Waals surface area (Å²) in [4.78, 5) is 0. The van der Waals surface area contributed by atoms with Crippen molar-refractivity contribution in [1.82, 2.24) is 0 Å². The number of aryl methyl sites for hydroxylation is 1. The molecule has 3 heteroatoms. The van der Waals surface area contributed by atoms with E-state index < -0.39 is 0 Å². The molecule has 0 aliphatic heterocycles. The van der Waals surface area contributed by atoms with E-state index in [2.05, 4.69) is 11.9 Å². The van der Waals surface area contributed by atoms with Gasteiger partial charge in [-0.1, -0.05) is 24.3 Å². The van der Waals surface area contributed by atoms with Crippen molar-refractivity contribution in [2.75, 3.05) is 12.4 Å². The van der Waals surface area contributed by atoms with Crippen LogP contribution in [0.5, 0.6) is 0 Å². The van der Waals surface area contributed by atoms with Crippen LogP contribution in [0.2, 0.25) is 5.02 Å². The van der Waals surface area contributed by atoms with E-state index in [-0.39, 0.29) is 10.8 Å². The van der Waals surface area contributed by atoms with E-state index in [9.17, 15) is 4.39 Å². The largest absolute Gasteiger partial charge is 0.386 e. The van der Waals surface area contributed by atoms with Gasteiger partial charge in [0, 0.05) is 7.05 Å². The second-order valence-corrected chi connectivity index (χ2v) is 3.12. The van der Waals surface area contributed by atoms with Gasteiger partial charge < -0.3 is 5.32 Å². The van der Waals surface area contributed by atoms with Crippen molar-refractivity contribution in [2.24, 2.45) is 0 Å². The fourth-order valence-electron chi connectivity index (χ4n) is 1.19. The van der Waals surface area contributed by atoms with E-state index in [1.165, 1.54) is 0 Å². The van der Waals surface area contributed by atoms with Gasteiger partial charge in [0.2, 0.25) is 0 Å². The maximum absolute atomic E-state index is 13.3. The highest BCUT2D eigenvalue weighted by Crippen LogP contribution is 2.31. The summed E-state index contributed by atoms with van der Waals surface area (Å²) in [6, 6.07) is 1.71. The van der Waals surface area contributed by atoms with Gasteiger partial charge in [-0.25, -0.2) is 4.39 Å². The fraction of sp³-hybridized carbons (Fsp3) is 0.200. The van der Waals surface area contributed by atoms with Crippen molar-refractivity contribution in [3.05, 3.63) is 34.6 Å². The Labute approximate surface area is 82.2 Å². The maximum Gasteiger partial charge on any atom is 0.146 e. The zero-order chi connectivity index (χ0) is 10.0. The van der Waals surface area contributed by atoms with Crippen molar-refractivity contribution in [3.63, 3.8) is 0 Å². The second-order valence-electron chi connectivity index (χ2n) is 2.74. The lowest BCUT2D eigenvalue weighted by Crippen LogP contribution is -1.97. The molecule has 0 aromatic heterocycles. The summed E-state index contributed by atoms with van der Waals surface area (Å²) in [5, 5.41) is 2.96. The molecule has 70 valence electrons. The van der Waals surface area contributed by atoms with E-state index >= 15 is 0 Å². The van der Waals surface area contributed by atoms with Gasteiger partial charge in [0.05, 0.1) is 5.69 Å². The molecule has 0 heterocycles. The molecule has 0 saturated heterocycles. The topological polar surface area (TPSA) is 12.0 Å². The molecule has 0 aliphatic rings. The SMILES string of the molecule is C=Cc1cc(C)c(F)c(Cl)c1NC. The van der Waals surface area contributed by atoms with Gasteiger partial charge in [-0.3, -0.25) is 0 Å². The average Bonchev–Trinajstić information content (AvgIpc) is 2.13. The van der Waals surface area contributed by atoms with Gasteiger partial charge >= 0.3 is 0 Å². The van der Waals surface area contributed by atoms with Gasteiger partial charge in [-0.05, 0) is 24.1 Å². The van der Waals surface area contributed by atoms with E-state index in [1.54, 1.807) is 26.1 Å². The van der Waals surface area contributed by atoms with Crippen molar-refractivity contribution < 1.29 is 4.39 Å². The molecule has 0 fully saturated rings. The number of nitrogens with one attached hydrogen (secondary N) is 1. The molecular weight excluding hydrogens is 189 g/mol. The molecule has 1 rings (SSSR count). The van der Waals surface area contributed by atoms with Crippen LogP contribution < -0.4 is 5.32 Å². The quantitative estimate of drug-likeness (QED) is 0.769. The molecule has 1 N–H and O–H groups in total. The highest BCUT2D eigenvalue weighted by Gasteiger charge is 2.11. The predicted molar refractivity (Wildman–Crippen MR) is 55.8 cm³/mol. The van der Waals surface area contributed by atoms with Crippen LogP contribution in [-0.4, -0.2) is 7.05 Å². The van der Waals surface area contributed by atoms with Gasteiger partial charge in [-0.15, -0.1) is 0 Å². The smallest absolute Gasteiger partial charge is 0.146 e. The first-order valence-electron chi connectivity index (χ1n) is 3.90. The molecule has 1 aromatic rings. The third-order valence-electron chi connectivity index (χ3n) is 1.89. The van der Waals surface area contributed by atoms with E-state index in [1.807, 2.05) is 0 Å². The molecule has 0 radical (unpaired) electrons. The first-order chi connectivity index (χ1) is 6.11. The molecule has 0 spiro atoms. The number of rotatable bonds is 2. The summed E-state index contributed by atoms with van der Waals surface area (Å²) in [7, 11) is 1.70. The zero-order valence-corrected chi connectivity index (χ0v) is 8.37. The molecule has 0 aliphatic carbocycles. The monoisotopic (exact) mass is 199 g/mol. The summed E-state index contributed by atoms with van der Waals surface area (Å²) >= 11 is 5.80. The molecule has 0 saturated carbocycles. The second kappa shape index (κ2) is 3.79. The van der Waals surface area contributed by atoms with Crippen LogP contribution >= 0.6 is 11.6 Å². The standard InChI is InChI=1S/C10H11ClFN/c1-4-7-5-6(2)9(12)8(11)10(7)13-3/h4-5,13H,1H2,2-3H3. The molecule has 0 unspecified atom stereocenters. The Morgan fingerprint density at radius 2 is 2.23 bits per heavy atom. The Morgan fingerprint density at radius 1 is 1.62 bits per heavy atom. The number of hydrogen-bond acceptors (Lipinski definition) is 1. The first-order valence-corrected chi connectivity index (χ1v) is 4.28. The van der Waals surface area contributed by atoms with E-state index in [0.717, 1.165) is 5.56 Å². The Bertz CT molecular complexity index is 347. The third-order valence-corrected chi connectivity index (χ3v) is 2.24. The number of hydrogen-bond donors (Lipinski definition) is 1. The van der Waals surface area contributed by atoms with Crippen molar-refractivity contribution >= 4 is 23.4 Å². The highest BCUT2D eigenvalue weighted by molar-refractivity contribution is 6.33. The molecule has 13 heavy (non-hydrogen) atoms. The third kappa shape index (κ3) is 1.68. The van der Waals surface area contributed by atoms with E-state index in [0.29, 0.717) is 11.3 Å². The van der Waals surface area contributed by atoms with Crippen LogP contribution in [0.25, 0.3) is 6.08 Å². The summed E-state index contributed by atoms with van der Waals surface area (Å²) in [5.74, 6) is -0.378.